The van der Waals surface area contributed by atoms with Crippen LogP contribution in [-0.2, 0) is 0 Å². The third-order valence-corrected chi connectivity index (χ3v) is 2.91. The predicted octanol–water partition coefficient (Wildman–Crippen LogP) is 3.44. The van der Waals surface area contributed by atoms with Gasteiger partial charge < -0.3 is 5.11 Å². The van der Waals surface area contributed by atoms with Crippen molar-refractivity contribution in [1.29, 1.82) is 0 Å². The molecule has 0 spiro atoms. The van der Waals surface area contributed by atoms with Gasteiger partial charge in [0.25, 0.3) is 0 Å². The Morgan fingerprint density at radius 2 is 2.00 bits per heavy atom. The van der Waals surface area contributed by atoms with Gasteiger partial charge in [-0.25, -0.2) is 4.79 Å². The summed E-state index contributed by atoms with van der Waals surface area (Å²) >= 11 is 1.72. The molecule has 1 rings (SSSR count). The summed E-state index contributed by atoms with van der Waals surface area (Å²) in [4.78, 5) is 11.7. The molecule has 0 saturated heterocycles. The summed E-state index contributed by atoms with van der Waals surface area (Å²) in [5, 5.41) is 8.71. The minimum Gasteiger partial charge on any atom is -0.478 e. The number of carboxylic acids is 1. The van der Waals surface area contributed by atoms with Gasteiger partial charge in [-0.3, -0.25) is 0 Å². The van der Waals surface area contributed by atoms with Crippen molar-refractivity contribution in [3.05, 3.63) is 42.0 Å². The molecule has 0 fully saturated rings. The first-order valence-corrected chi connectivity index (χ1v) is 5.68. The zero-order valence-corrected chi connectivity index (χ0v) is 9.51. The number of benzene rings is 1. The van der Waals surface area contributed by atoms with Crippen LogP contribution < -0.4 is 0 Å². The van der Waals surface area contributed by atoms with E-state index in [1.165, 1.54) is 5.57 Å². The third kappa shape index (κ3) is 4.21. The number of thioether (sulfide) groups is 1. The molecule has 0 saturated carbocycles. The fourth-order valence-electron chi connectivity index (χ4n) is 1.04. The lowest BCUT2D eigenvalue weighted by Gasteiger charge is -2.01. The number of hydrogen-bond acceptors (Lipinski definition) is 2. The predicted molar refractivity (Wildman–Crippen MR) is 63.6 cm³/mol. The van der Waals surface area contributed by atoms with Gasteiger partial charge in [-0.2, -0.15) is 0 Å². The van der Waals surface area contributed by atoms with E-state index in [1.54, 1.807) is 23.9 Å². The fraction of sp³-hybridized carbons (Fsp3) is 0.250. The van der Waals surface area contributed by atoms with Crippen molar-refractivity contribution >= 4 is 17.7 Å². The van der Waals surface area contributed by atoms with Crippen molar-refractivity contribution in [3.8, 4) is 0 Å². The first-order chi connectivity index (χ1) is 7.09. The van der Waals surface area contributed by atoms with Crippen LogP contribution in [0.4, 0.5) is 0 Å². The largest absolute Gasteiger partial charge is 0.478 e. The van der Waals surface area contributed by atoms with Crippen LogP contribution in [0.25, 0.3) is 0 Å². The van der Waals surface area contributed by atoms with Gasteiger partial charge in [0.1, 0.15) is 0 Å². The Bertz CT molecular complexity index is 354. The molecule has 0 heterocycles. The first-order valence-electron chi connectivity index (χ1n) is 4.70. The molecule has 1 N–H and O–H groups in total. The highest BCUT2D eigenvalue weighted by atomic mass is 32.2. The number of carbonyl (C=O) groups is 1. The van der Waals surface area contributed by atoms with Crippen molar-refractivity contribution in [2.24, 2.45) is 0 Å². The quantitative estimate of drug-likeness (QED) is 0.612. The maximum absolute atomic E-state index is 10.6. The molecule has 0 aliphatic rings. The lowest BCUT2D eigenvalue weighted by molar-refractivity contribution is 0.0697. The zero-order chi connectivity index (χ0) is 11.3. The van der Waals surface area contributed by atoms with Crippen LogP contribution in [0.15, 0.2) is 41.3 Å². The van der Waals surface area contributed by atoms with Crippen molar-refractivity contribution in [3.63, 3.8) is 0 Å². The molecule has 3 heteroatoms. The molecule has 80 valence electrons. The highest BCUT2D eigenvalue weighted by Gasteiger charge is 2.01. The maximum atomic E-state index is 10.6. The monoisotopic (exact) mass is 222 g/mol. The summed E-state index contributed by atoms with van der Waals surface area (Å²) in [5.74, 6) is 0.107. The second-order valence-corrected chi connectivity index (χ2v) is 4.55. The Labute approximate surface area is 94.0 Å². The summed E-state index contributed by atoms with van der Waals surface area (Å²) in [6, 6.07) is 6.94. The zero-order valence-electron chi connectivity index (χ0n) is 8.69. The molecular formula is C12H14O2S. The van der Waals surface area contributed by atoms with Crippen molar-refractivity contribution in [1.82, 2.24) is 0 Å². The number of hydrogen-bond donors (Lipinski definition) is 1. The maximum Gasteiger partial charge on any atom is 0.335 e. The number of rotatable bonds is 5. The smallest absolute Gasteiger partial charge is 0.335 e. The van der Waals surface area contributed by atoms with Crippen LogP contribution in [0.1, 0.15) is 23.7 Å². The topological polar surface area (TPSA) is 37.3 Å². The van der Waals surface area contributed by atoms with E-state index < -0.39 is 5.97 Å². The summed E-state index contributed by atoms with van der Waals surface area (Å²) < 4.78 is 0. The number of carboxylic acid groups (broad SMARTS) is 1. The fourth-order valence-corrected chi connectivity index (χ4v) is 2.05. The van der Waals surface area contributed by atoms with Crippen LogP contribution in [0.5, 0.6) is 0 Å². The molecule has 0 amide bonds. The Kier molecular flexibility index (Phi) is 4.43. The summed E-state index contributed by atoms with van der Waals surface area (Å²) in [7, 11) is 0. The van der Waals surface area contributed by atoms with Crippen LogP contribution in [0, 0.1) is 0 Å². The summed E-state index contributed by atoms with van der Waals surface area (Å²) in [6.07, 6.45) is 0.991. The first kappa shape index (κ1) is 11.9. The second-order valence-electron chi connectivity index (χ2n) is 3.39. The van der Waals surface area contributed by atoms with E-state index in [1.807, 2.05) is 19.1 Å². The average Bonchev–Trinajstić information content (AvgIpc) is 2.18. The average molecular weight is 222 g/mol. The van der Waals surface area contributed by atoms with Gasteiger partial charge in [0.15, 0.2) is 0 Å². The summed E-state index contributed by atoms with van der Waals surface area (Å²) in [6.45, 7) is 5.84. The number of allylic oxidation sites excluding steroid dienone is 1. The van der Waals surface area contributed by atoms with Gasteiger partial charge in [-0.05, 0) is 37.6 Å². The standard InChI is InChI=1S/C12H14O2S/c1-9(2)7-8-15-11-5-3-10(4-6-11)12(13)14/h3-6H,1,7-8H2,2H3,(H,13,14). The van der Waals surface area contributed by atoms with Gasteiger partial charge in [0.05, 0.1) is 5.56 Å². The highest BCUT2D eigenvalue weighted by Crippen LogP contribution is 2.20. The molecule has 15 heavy (non-hydrogen) atoms. The van der Waals surface area contributed by atoms with Crippen LogP contribution in [-0.4, -0.2) is 16.8 Å². The Hall–Kier alpha value is -1.22. The highest BCUT2D eigenvalue weighted by molar-refractivity contribution is 7.99. The van der Waals surface area contributed by atoms with Gasteiger partial charge in [0.2, 0.25) is 0 Å². The molecule has 0 aliphatic carbocycles. The van der Waals surface area contributed by atoms with Gasteiger partial charge in [0, 0.05) is 10.6 Å². The minimum absolute atomic E-state index is 0.333. The van der Waals surface area contributed by atoms with Crippen molar-refractivity contribution < 1.29 is 9.90 Å². The molecular weight excluding hydrogens is 208 g/mol. The van der Waals surface area contributed by atoms with E-state index >= 15 is 0 Å². The Balaban J connectivity index is 2.50. The van der Waals surface area contributed by atoms with Crippen LogP contribution >= 0.6 is 11.8 Å². The minimum atomic E-state index is -0.881. The van der Waals surface area contributed by atoms with E-state index in [2.05, 4.69) is 6.58 Å². The molecule has 2 nitrogen and oxygen atoms in total. The Morgan fingerprint density at radius 1 is 1.40 bits per heavy atom. The van der Waals surface area contributed by atoms with Gasteiger partial charge in [-0.15, -0.1) is 18.3 Å². The van der Waals surface area contributed by atoms with Crippen molar-refractivity contribution in [2.75, 3.05) is 5.75 Å². The van der Waals surface area contributed by atoms with Crippen LogP contribution in [0.2, 0.25) is 0 Å². The molecule has 0 radical (unpaired) electrons. The SMILES string of the molecule is C=C(C)CCSc1ccc(C(=O)O)cc1. The Morgan fingerprint density at radius 3 is 2.47 bits per heavy atom. The molecule has 0 unspecified atom stereocenters. The van der Waals surface area contributed by atoms with E-state index in [0.717, 1.165) is 17.1 Å². The van der Waals surface area contributed by atoms with Crippen molar-refractivity contribution in [2.45, 2.75) is 18.2 Å². The van der Waals surface area contributed by atoms with Gasteiger partial charge >= 0.3 is 5.97 Å². The number of aromatic carboxylic acids is 1. The molecule has 1 aromatic carbocycles. The molecule has 0 bridgehead atoms. The van der Waals surface area contributed by atoms with Gasteiger partial charge in [-0.1, -0.05) is 5.57 Å². The lowest BCUT2D eigenvalue weighted by atomic mass is 10.2. The third-order valence-electron chi connectivity index (χ3n) is 1.90. The van der Waals surface area contributed by atoms with Crippen LogP contribution in [0.3, 0.4) is 0 Å². The lowest BCUT2D eigenvalue weighted by Crippen LogP contribution is -1.94. The van der Waals surface area contributed by atoms with E-state index in [9.17, 15) is 4.79 Å². The second kappa shape index (κ2) is 5.61. The van der Waals surface area contributed by atoms with E-state index in [-0.39, 0.29) is 0 Å². The van der Waals surface area contributed by atoms with E-state index in [0.29, 0.717) is 5.56 Å². The molecule has 0 aromatic heterocycles. The molecule has 0 aliphatic heterocycles. The van der Waals surface area contributed by atoms with E-state index in [4.69, 9.17) is 5.11 Å². The normalized spacial score (nSPS) is 9.93. The molecule has 0 atom stereocenters. The molecule has 1 aromatic rings. The summed E-state index contributed by atoms with van der Waals surface area (Å²) in [5.41, 5.74) is 1.50.